The van der Waals surface area contributed by atoms with Crippen LogP contribution in [-0.2, 0) is 0 Å². The summed E-state index contributed by atoms with van der Waals surface area (Å²) < 4.78 is 0. The zero-order valence-electron chi connectivity index (χ0n) is 10.7. The van der Waals surface area contributed by atoms with Crippen LogP contribution < -0.4 is 51.4 Å². The van der Waals surface area contributed by atoms with Crippen LogP contribution in [-0.4, -0.2) is 0 Å². The molecule has 1 fully saturated rings. The maximum atomic E-state index is 2.38. The van der Waals surface area contributed by atoms with Gasteiger partial charge < -0.3 is 5.92 Å². The Morgan fingerprint density at radius 2 is 1.69 bits per heavy atom. The molecule has 1 heteroatoms. The quantitative estimate of drug-likeness (QED) is 0.418. The second-order valence-corrected chi connectivity index (χ2v) is 4.81. The summed E-state index contributed by atoms with van der Waals surface area (Å²) >= 11 is 0. The Balaban J connectivity index is 0. The summed E-state index contributed by atoms with van der Waals surface area (Å²) in [4.78, 5) is 0. The van der Waals surface area contributed by atoms with Gasteiger partial charge in [0.25, 0.3) is 0 Å². The summed E-state index contributed by atoms with van der Waals surface area (Å²) in [6.07, 6.45) is 4.12. The molecule has 0 spiro atoms. The Hall–Kier alpha value is 1.64. The molecule has 0 amide bonds. The molecule has 1 unspecified atom stereocenters. The number of rotatable bonds is 0. The molecule has 1 rings (SSSR count). The van der Waals surface area contributed by atoms with Crippen molar-refractivity contribution in [3.8, 4) is 0 Å². The molecule has 0 saturated heterocycles. The van der Waals surface area contributed by atoms with Crippen LogP contribution in [0.3, 0.4) is 0 Å². The van der Waals surface area contributed by atoms with Crippen LogP contribution in [0.2, 0.25) is 0 Å². The summed E-state index contributed by atoms with van der Waals surface area (Å²) in [5.74, 6) is 2.62. The van der Waals surface area contributed by atoms with Gasteiger partial charge in [-0.15, -0.1) is 0 Å². The number of hydrogen-bond acceptors (Lipinski definition) is 0. The minimum atomic E-state index is 0. The molecule has 0 heterocycles. The summed E-state index contributed by atoms with van der Waals surface area (Å²) in [6.45, 7) is 13.4. The van der Waals surface area contributed by atoms with Crippen molar-refractivity contribution in [2.45, 2.75) is 60.8 Å². The molecule has 1 aliphatic carbocycles. The summed E-state index contributed by atoms with van der Waals surface area (Å²) in [7, 11) is 0. The van der Waals surface area contributed by atoms with Gasteiger partial charge in [0.2, 0.25) is 0 Å². The molecule has 0 aliphatic heterocycles. The third kappa shape index (κ3) is 7.55. The molecule has 0 N–H and O–H groups in total. The van der Waals surface area contributed by atoms with Gasteiger partial charge in [-0.1, -0.05) is 52.4 Å². The molecule has 1 aliphatic rings. The van der Waals surface area contributed by atoms with Crippen molar-refractivity contribution in [1.29, 1.82) is 0 Å². The molecule has 0 aromatic rings. The molecule has 0 aromatic carbocycles. The molecular formula is C12H25K. The molecule has 0 aromatic heterocycles. The van der Waals surface area contributed by atoms with Gasteiger partial charge >= 0.3 is 51.4 Å². The van der Waals surface area contributed by atoms with Gasteiger partial charge in [-0.05, 0) is 0 Å². The fourth-order valence-electron chi connectivity index (χ4n) is 2.57. The number of hydrogen-bond donors (Lipinski definition) is 0. The average molecular weight is 208 g/mol. The molecule has 0 nitrogen and oxygen atoms in total. The van der Waals surface area contributed by atoms with E-state index in [-0.39, 0.29) is 51.4 Å². The first kappa shape index (κ1) is 17.0. The van der Waals surface area contributed by atoms with E-state index in [4.69, 9.17) is 0 Å². The normalized spacial score (nSPS) is 26.8. The average Bonchev–Trinajstić information content (AvgIpc) is 1.85. The maximum absolute atomic E-state index is 2.38. The Kier molecular flexibility index (Phi) is 10.3. The third-order valence-corrected chi connectivity index (χ3v) is 2.38. The minimum Gasteiger partial charge on any atom is -0.316 e. The van der Waals surface area contributed by atoms with Crippen molar-refractivity contribution < 1.29 is 51.4 Å². The van der Waals surface area contributed by atoms with E-state index in [0.717, 1.165) is 5.92 Å². The van der Waals surface area contributed by atoms with Crippen molar-refractivity contribution in [1.82, 2.24) is 0 Å². The molecule has 74 valence electrons. The topological polar surface area (TPSA) is 0 Å². The Bertz CT molecular complexity index is 106. The first-order valence-electron chi connectivity index (χ1n) is 5.31. The second-order valence-electron chi connectivity index (χ2n) is 4.81. The molecule has 0 radical (unpaired) electrons. The van der Waals surface area contributed by atoms with E-state index in [2.05, 4.69) is 27.7 Å². The fraction of sp³-hybridized carbons (Fsp3) is 0.917. The van der Waals surface area contributed by atoms with E-state index >= 15 is 0 Å². The fourth-order valence-corrected chi connectivity index (χ4v) is 2.57. The maximum Gasteiger partial charge on any atom is 1.00 e. The third-order valence-electron chi connectivity index (χ3n) is 2.38. The predicted molar refractivity (Wildman–Crippen MR) is 57.1 cm³/mol. The van der Waals surface area contributed by atoms with Crippen molar-refractivity contribution in [3.05, 3.63) is 5.92 Å². The zero-order valence-corrected chi connectivity index (χ0v) is 13.8. The monoisotopic (exact) mass is 208 g/mol. The van der Waals surface area contributed by atoms with Gasteiger partial charge in [-0.25, -0.2) is 0 Å². The van der Waals surface area contributed by atoms with Crippen molar-refractivity contribution in [2.75, 3.05) is 0 Å². The summed E-state index contributed by atoms with van der Waals surface area (Å²) in [6, 6.07) is 0. The van der Waals surface area contributed by atoms with Crippen LogP contribution in [0.4, 0.5) is 0 Å². The molecule has 0 bridgehead atoms. The van der Waals surface area contributed by atoms with Crippen LogP contribution in [0.15, 0.2) is 0 Å². The van der Waals surface area contributed by atoms with Gasteiger partial charge in [0.15, 0.2) is 0 Å². The van der Waals surface area contributed by atoms with E-state index in [9.17, 15) is 0 Å². The largest absolute Gasteiger partial charge is 1.00 e. The smallest absolute Gasteiger partial charge is 0.316 e. The molecule has 1 atom stereocenters. The molecule has 13 heavy (non-hydrogen) atoms. The minimum absolute atomic E-state index is 0. The van der Waals surface area contributed by atoms with E-state index in [1.54, 1.807) is 5.92 Å². The van der Waals surface area contributed by atoms with Crippen LogP contribution >= 0.6 is 0 Å². The Morgan fingerprint density at radius 1 is 1.23 bits per heavy atom. The second kappa shape index (κ2) is 7.87. The van der Waals surface area contributed by atoms with E-state index in [0.29, 0.717) is 5.41 Å². The van der Waals surface area contributed by atoms with Crippen LogP contribution in [0, 0.1) is 17.3 Å². The zero-order chi connectivity index (χ0) is 9.78. The predicted octanol–water partition coefficient (Wildman–Crippen LogP) is 1.46. The van der Waals surface area contributed by atoms with Crippen molar-refractivity contribution in [2.24, 2.45) is 11.3 Å². The van der Waals surface area contributed by atoms with E-state index in [1.165, 1.54) is 19.3 Å². The Labute approximate surface area is 128 Å². The van der Waals surface area contributed by atoms with Gasteiger partial charge in [-0.2, -0.15) is 19.8 Å². The summed E-state index contributed by atoms with van der Waals surface area (Å²) in [5.41, 5.74) is 0.585. The van der Waals surface area contributed by atoms with Gasteiger partial charge in [-0.3, -0.25) is 0 Å². The van der Waals surface area contributed by atoms with Crippen LogP contribution in [0.1, 0.15) is 60.8 Å². The SMILES string of the molecule is CC.C[C-]1CC(C)CC(C)(C)C1.[K+]. The first-order chi connectivity index (χ1) is 5.49. The van der Waals surface area contributed by atoms with Crippen molar-refractivity contribution in [3.63, 3.8) is 0 Å². The Morgan fingerprint density at radius 3 is 2.00 bits per heavy atom. The van der Waals surface area contributed by atoms with Crippen LogP contribution in [0.5, 0.6) is 0 Å². The van der Waals surface area contributed by atoms with Crippen LogP contribution in [0.25, 0.3) is 0 Å². The molecular weight excluding hydrogens is 183 g/mol. The van der Waals surface area contributed by atoms with Gasteiger partial charge in [0.1, 0.15) is 0 Å². The van der Waals surface area contributed by atoms with Gasteiger partial charge in [0.05, 0.1) is 0 Å². The van der Waals surface area contributed by atoms with E-state index < -0.39 is 0 Å². The van der Waals surface area contributed by atoms with Crippen molar-refractivity contribution >= 4 is 0 Å². The summed E-state index contributed by atoms with van der Waals surface area (Å²) in [5, 5.41) is 0. The van der Waals surface area contributed by atoms with E-state index in [1.807, 2.05) is 13.8 Å². The van der Waals surface area contributed by atoms with Gasteiger partial charge in [0, 0.05) is 0 Å². The molecule has 1 saturated carbocycles. The first-order valence-corrected chi connectivity index (χ1v) is 5.31. The standard InChI is InChI=1S/C10H19.C2H6.K/c1-8-5-9(2)7-10(3,4)6-8;1-2;/h8H,5-7H2,1-4H3;1-2H3;/q-1;;+1.